The average Bonchev–Trinajstić information content (AvgIpc) is 2.84. The fourth-order valence-electron chi connectivity index (χ4n) is 3.96. The Morgan fingerprint density at radius 2 is 1.62 bits per heavy atom. The molecule has 1 fully saturated rings. The lowest BCUT2D eigenvalue weighted by atomic mass is 9.98. The van der Waals surface area contributed by atoms with E-state index < -0.39 is 20.5 Å². The van der Waals surface area contributed by atoms with E-state index in [2.05, 4.69) is 0 Å². The van der Waals surface area contributed by atoms with Gasteiger partial charge in [-0.15, -0.1) is 0 Å². The summed E-state index contributed by atoms with van der Waals surface area (Å²) >= 11 is 0. The highest BCUT2D eigenvalue weighted by atomic mass is 32.2. The van der Waals surface area contributed by atoms with Crippen molar-refractivity contribution >= 4 is 27.2 Å². The lowest BCUT2D eigenvalue weighted by Crippen LogP contribution is -2.53. The summed E-state index contributed by atoms with van der Waals surface area (Å²) in [6, 6.07) is 13.5. The predicted molar refractivity (Wildman–Crippen MR) is 130 cm³/mol. The molecule has 1 aliphatic rings. The minimum Gasteiger partial charge on any atom is -0.494 e. The summed E-state index contributed by atoms with van der Waals surface area (Å²) in [5, 5.41) is 0. The highest BCUT2D eigenvalue weighted by Crippen LogP contribution is 2.35. The number of ether oxygens (including phenoxy) is 2. The summed E-state index contributed by atoms with van der Waals surface area (Å²) in [4.78, 5) is 26.4. The molecule has 34 heavy (non-hydrogen) atoms. The molecule has 1 saturated heterocycles. The summed E-state index contributed by atoms with van der Waals surface area (Å²) < 4.78 is 35.6. The topological polar surface area (TPSA) is 116 Å². The van der Waals surface area contributed by atoms with Crippen LogP contribution in [0.1, 0.15) is 42.5 Å². The Morgan fingerprint density at radius 3 is 2.18 bits per heavy atom. The minimum atomic E-state index is -3.96. The number of benzene rings is 2. The van der Waals surface area contributed by atoms with Crippen molar-refractivity contribution in [1.82, 2.24) is 0 Å². The Bertz CT molecular complexity index is 1090. The molecule has 2 aromatic rings. The summed E-state index contributed by atoms with van der Waals surface area (Å²) in [6.07, 6.45) is 1.89. The Kier molecular flexibility index (Phi) is 8.33. The van der Waals surface area contributed by atoms with Crippen molar-refractivity contribution in [3.8, 4) is 5.75 Å². The van der Waals surface area contributed by atoms with Crippen LogP contribution in [0.15, 0.2) is 53.4 Å². The van der Waals surface area contributed by atoms with Gasteiger partial charge in [-0.3, -0.25) is 9.59 Å². The van der Waals surface area contributed by atoms with Gasteiger partial charge in [0.05, 0.1) is 11.5 Å². The smallest absolute Gasteiger partial charge is 0.239 e. The van der Waals surface area contributed by atoms with E-state index in [1.54, 1.807) is 12.1 Å². The first-order valence-corrected chi connectivity index (χ1v) is 12.8. The maximum Gasteiger partial charge on any atom is 0.239 e. The number of rotatable bonds is 11. The first kappa shape index (κ1) is 25.7. The molecule has 0 radical (unpaired) electrons. The number of ketones is 1. The van der Waals surface area contributed by atoms with Gasteiger partial charge in [-0.1, -0.05) is 0 Å². The van der Waals surface area contributed by atoms with E-state index in [4.69, 9.17) is 15.2 Å². The number of primary amides is 1. The summed E-state index contributed by atoms with van der Waals surface area (Å²) in [7, 11) is -0.0596. The van der Waals surface area contributed by atoms with Crippen LogP contribution in [0.5, 0.6) is 5.75 Å². The molecular weight excluding hydrogens is 456 g/mol. The summed E-state index contributed by atoms with van der Waals surface area (Å²) in [5.41, 5.74) is 7.24. The molecule has 1 aliphatic heterocycles. The Morgan fingerprint density at radius 1 is 1.00 bits per heavy atom. The Balaban J connectivity index is 1.49. The number of anilines is 1. The van der Waals surface area contributed by atoms with Crippen LogP contribution in [0.25, 0.3) is 0 Å². The second kappa shape index (κ2) is 11.0. The molecule has 1 heterocycles. The van der Waals surface area contributed by atoms with Crippen molar-refractivity contribution in [2.75, 3.05) is 38.8 Å². The number of Topliss-reactive ketones (excluding diaryl/α,β-unsaturated/α-hetero) is 1. The zero-order chi connectivity index (χ0) is 24.8. The van der Waals surface area contributed by atoms with Crippen LogP contribution < -0.4 is 15.4 Å². The van der Waals surface area contributed by atoms with Gasteiger partial charge < -0.3 is 20.1 Å². The van der Waals surface area contributed by atoms with Gasteiger partial charge in [0.25, 0.3) is 0 Å². The van der Waals surface area contributed by atoms with Crippen LogP contribution in [-0.2, 0) is 19.4 Å². The third-order valence-electron chi connectivity index (χ3n) is 6.17. The number of hydrogen-bond donors (Lipinski definition) is 1. The van der Waals surface area contributed by atoms with E-state index in [0.717, 1.165) is 5.69 Å². The number of nitrogens with zero attached hydrogens (tertiary/aromatic N) is 1. The van der Waals surface area contributed by atoms with Gasteiger partial charge in [0.1, 0.15) is 5.75 Å². The second-order valence-corrected chi connectivity index (χ2v) is 10.9. The van der Waals surface area contributed by atoms with Crippen LogP contribution in [0.4, 0.5) is 5.69 Å². The van der Waals surface area contributed by atoms with Gasteiger partial charge in [-0.25, -0.2) is 8.42 Å². The SMILES string of the molecule is CN(C)c1ccc(C(=O)CCCCOc2ccc(S(=O)(=O)C3(C(N)=O)CCOCC3)cc2)cc1. The van der Waals surface area contributed by atoms with Gasteiger partial charge >= 0.3 is 0 Å². The maximum atomic E-state index is 13.2. The molecule has 0 bridgehead atoms. The van der Waals surface area contributed by atoms with Crippen molar-refractivity contribution in [3.05, 3.63) is 54.1 Å². The van der Waals surface area contributed by atoms with Crippen LogP contribution in [0.3, 0.4) is 0 Å². The fraction of sp³-hybridized carbons (Fsp3) is 0.440. The molecule has 184 valence electrons. The number of carbonyl (C=O) groups is 2. The number of sulfone groups is 1. The summed E-state index contributed by atoms with van der Waals surface area (Å²) in [5.74, 6) is -0.236. The van der Waals surface area contributed by atoms with Gasteiger partial charge in [0.2, 0.25) is 5.91 Å². The Hall–Kier alpha value is -2.91. The van der Waals surface area contributed by atoms with Crippen molar-refractivity contribution in [2.24, 2.45) is 5.73 Å². The normalized spacial score (nSPS) is 15.5. The first-order chi connectivity index (χ1) is 16.2. The zero-order valence-corrected chi connectivity index (χ0v) is 20.5. The number of unbranched alkanes of at least 4 members (excludes halogenated alkanes) is 1. The van der Waals surface area contributed by atoms with Gasteiger partial charge in [0, 0.05) is 45.0 Å². The number of carbonyl (C=O) groups excluding carboxylic acids is 2. The van der Waals surface area contributed by atoms with Crippen molar-refractivity contribution in [1.29, 1.82) is 0 Å². The van der Waals surface area contributed by atoms with Crippen molar-refractivity contribution in [2.45, 2.75) is 41.7 Å². The molecule has 2 N–H and O–H groups in total. The molecule has 1 amide bonds. The van der Waals surface area contributed by atoms with Gasteiger partial charge in [0.15, 0.2) is 20.4 Å². The quantitative estimate of drug-likeness (QED) is 0.382. The molecule has 0 aliphatic carbocycles. The Labute approximate surface area is 201 Å². The maximum absolute atomic E-state index is 13.2. The third-order valence-corrected chi connectivity index (χ3v) is 8.70. The van der Waals surface area contributed by atoms with Crippen LogP contribution in [0, 0.1) is 0 Å². The first-order valence-electron chi connectivity index (χ1n) is 11.3. The van der Waals surface area contributed by atoms with Crippen LogP contribution in [0.2, 0.25) is 0 Å². The highest BCUT2D eigenvalue weighted by molar-refractivity contribution is 7.93. The van der Waals surface area contributed by atoms with Gasteiger partial charge in [-0.05, 0) is 74.2 Å². The molecule has 0 spiro atoms. The van der Waals surface area contributed by atoms with E-state index in [1.807, 2.05) is 43.3 Å². The molecule has 0 aromatic heterocycles. The molecule has 2 aromatic carbocycles. The molecule has 3 rings (SSSR count). The van der Waals surface area contributed by atoms with E-state index in [-0.39, 0.29) is 36.7 Å². The standard InChI is InChI=1S/C25H32N2O6S/c1-27(2)20-8-6-19(7-9-20)23(28)5-3-4-16-33-21-10-12-22(13-11-21)34(30,31)25(24(26)29)14-17-32-18-15-25/h6-13H,3-5,14-18H2,1-2H3,(H2,26,29). The van der Waals surface area contributed by atoms with E-state index in [1.165, 1.54) is 12.1 Å². The largest absolute Gasteiger partial charge is 0.494 e. The molecule has 8 nitrogen and oxygen atoms in total. The minimum absolute atomic E-state index is 0.0337. The molecule has 9 heteroatoms. The van der Waals surface area contributed by atoms with E-state index in [9.17, 15) is 18.0 Å². The van der Waals surface area contributed by atoms with Gasteiger partial charge in [-0.2, -0.15) is 0 Å². The predicted octanol–water partition coefficient (Wildman–Crippen LogP) is 2.99. The monoisotopic (exact) mass is 488 g/mol. The van der Waals surface area contributed by atoms with Crippen molar-refractivity contribution < 1.29 is 27.5 Å². The number of hydrogen-bond acceptors (Lipinski definition) is 7. The lowest BCUT2D eigenvalue weighted by Gasteiger charge is -2.33. The highest BCUT2D eigenvalue weighted by Gasteiger charge is 2.51. The number of amides is 1. The molecule has 0 atom stereocenters. The second-order valence-electron chi connectivity index (χ2n) is 8.62. The van der Waals surface area contributed by atoms with Crippen molar-refractivity contribution in [3.63, 3.8) is 0 Å². The summed E-state index contributed by atoms with van der Waals surface area (Å²) in [6.45, 7) is 0.752. The molecular formula is C25H32N2O6S. The van der Waals surface area contributed by atoms with E-state index in [0.29, 0.717) is 37.2 Å². The molecule has 0 saturated carbocycles. The van der Waals surface area contributed by atoms with E-state index >= 15 is 0 Å². The van der Waals surface area contributed by atoms with Crippen LogP contribution >= 0.6 is 0 Å². The van der Waals surface area contributed by atoms with Crippen LogP contribution in [-0.4, -0.2) is 58.8 Å². The fourth-order valence-corrected chi connectivity index (χ4v) is 5.87. The zero-order valence-electron chi connectivity index (χ0n) is 19.7. The average molecular weight is 489 g/mol. The third kappa shape index (κ3) is 5.59. The molecule has 0 unspecified atom stereocenters. The number of nitrogens with two attached hydrogens (primary N) is 1. The lowest BCUT2D eigenvalue weighted by molar-refractivity contribution is -0.122.